The third-order valence-electron chi connectivity index (χ3n) is 10.9. The minimum absolute atomic E-state index is 0.257. The van der Waals surface area contributed by atoms with Crippen molar-refractivity contribution in [1.29, 1.82) is 0 Å². The van der Waals surface area contributed by atoms with Crippen molar-refractivity contribution >= 4 is 45.9 Å². The minimum Gasteiger partial charge on any atom is -0.358 e. The largest absolute Gasteiger partial charge is 0.358 e. The SMILES string of the molecule is CN1C=C2N3c4c(ccc5c4N(c4ccccc4[Si]5(c4ccccc4)c4ccccc4)C2(c2ccccc2)c2ccccc2)CC13. The van der Waals surface area contributed by atoms with Crippen LogP contribution in [-0.2, 0) is 12.0 Å². The van der Waals surface area contributed by atoms with Crippen LogP contribution in [0.5, 0.6) is 0 Å². The summed E-state index contributed by atoms with van der Waals surface area (Å²) in [6.07, 6.45) is 3.69. The molecule has 220 valence electrons. The Morgan fingerprint density at radius 3 is 1.72 bits per heavy atom. The highest BCUT2D eigenvalue weighted by Crippen LogP contribution is 2.62. The average molecular weight is 608 g/mol. The molecule has 6 aromatic carbocycles. The quantitative estimate of drug-likeness (QED) is 0.230. The van der Waals surface area contributed by atoms with Gasteiger partial charge in [-0.05, 0) is 43.5 Å². The third-order valence-corrected chi connectivity index (χ3v) is 15.8. The molecule has 0 radical (unpaired) electrons. The molecular formula is C42H33N3Si. The maximum atomic E-state index is 2.75. The maximum absolute atomic E-state index is 2.76. The van der Waals surface area contributed by atoms with Crippen molar-refractivity contribution in [3.8, 4) is 0 Å². The highest BCUT2D eigenvalue weighted by molar-refractivity contribution is 7.21. The average Bonchev–Trinajstić information content (AvgIpc) is 3.68. The van der Waals surface area contributed by atoms with E-state index in [9.17, 15) is 0 Å². The zero-order valence-electron chi connectivity index (χ0n) is 25.7. The van der Waals surface area contributed by atoms with Crippen LogP contribution < -0.4 is 30.5 Å². The van der Waals surface area contributed by atoms with Crippen LogP contribution in [0.1, 0.15) is 16.7 Å². The highest BCUT2D eigenvalue weighted by Gasteiger charge is 2.62. The van der Waals surface area contributed by atoms with Crippen molar-refractivity contribution in [3.05, 3.63) is 186 Å². The van der Waals surface area contributed by atoms with E-state index in [1.165, 1.54) is 60.2 Å². The molecule has 0 N–H and O–H groups in total. The smallest absolute Gasteiger partial charge is 0.184 e. The Kier molecular flexibility index (Phi) is 5.27. The Balaban J connectivity index is 1.44. The number of para-hydroxylation sites is 1. The van der Waals surface area contributed by atoms with Gasteiger partial charge in [0.15, 0.2) is 8.07 Å². The van der Waals surface area contributed by atoms with E-state index in [4.69, 9.17) is 0 Å². The van der Waals surface area contributed by atoms with Gasteiger partial charge in [-0.2, -0.15) is 0 Å². The summed E-state index contributed by atoms with van der Waals surface area (Å²) >= 11 is 0. The molecule has 6 aromatic rings. The van der Waals surface area contributed by atoms with Gasteiger partial charge in [-0.15, -0.1) is 0 Å². The fraction of sp³-hybridized carbons (Fsp3) is 0.0952. The zero-order valence-corrected chi connectivity index (χ0v) is 26.7. The lowest BCUT2D eigenvalue weighted by molar-refractivity contribution is 0.366. The second-order valence-electron chi connectivity index (χ2n) is 13.0. The molecule has 0 amide bonds. The van der Waals surface area contributed by atoms with Crippen LogP contribution in [0.25, 0.3) is 0 Å². The van der Waals surface area contributed by atoms with E-state index in [2.05, 4.69) is 186 Å². The molecule has 0 saturated heterocycles. The Hall–Kier alpha value is -5.32. The van der Waals surface area contributed by atoms with Crippen LogP contribution in [-0.4, -0.2) is 26.2 Å². The van der Waals surface area contributed by atoms with Gasteiger partial charge >= 0.3 is 0 Å². The van der Waals surface area contributed by atoms with Gasteiger partial charge in [-0.25, -0.2) is 0 Å². The predicted octanol–water partition coefficient (Wildman–Crippen LogP) is 5.95. The lowest BCUT2D eigenvalue weighted by Crippen LogP contribution is -2.78. The Bertz CT molecular complexity index is 2080. The minimum atomic E-state index is -2.76. The normalized spacial score (nSPS) is 19.0. The van der Waals surface area contributed by atoms with Gasteiger partial charge in [-0.1, -0.05) is 152 Å². The van der Waals surface area contributed by atoms with Gasteiger partial charge in [-0.3, -0.25) is 0 Å². The Morgan fingerprint density at radius 2 is 1.11 bits per heavy atom. The third kappa shape index (κ3) is 3.03. The molecular weight excluding hydrogens is 575 g/mol. The molecule has 0 bridgehead atoms. The summed E-state index contributed by atoms with van der Waals surface area (Å²) in [5.74, 6) is 0. The van der Waals surface area contributed by atoms with Crippen LogP contribution in [0.15, 0.2) is 170 Å². The van der Waals surface area contributed by atoms with E-state index in [1.54, 1.807) is 0 Å². The molecule has 10 rings (SSSR count). The van der Waals surface area contributed by atoms with Crippen molar-refractivity contribution in [2.45, 2.75) is 18.1 Å². The van der Waals surface area contributed by atoms with Gasteiger partial charge in [0.05, 0.1) is 17.1 Å². The Morgan fingerprint density at radius 1 is 0.565 bits per heavy atom. The van der Waals surface area contributed by atoms with Gasteiger partial charge in [0.1, 0.15) is 11.7 Å². The number of hydrogen-bond acceptors (Lipinski definition) is 3. The van der Waals surface area contributed by atoms with Gasteiger partial charge in [0.2, 0.25) is 0 Å². The first-order chi connectivity index (χ1) is 22.8. The number of benzene rings is 6. The van der Waals surface area contributed by atoms with Crippen molar-refractivity contribution < 1.29 is 0 Å². The van der Waals surface area contributed by atoms with Crippen molar-refractivity contribution in [1.82, 2.24) is 4.90 Å². The number of hydrogen-bond donors (Lipinski definition) is 0. The molecule has 0 aromatic heterocycles. The summed E-state index contributed by atoms with van der Waals surface area (Å²) < 4.78 is 0. The van der Waals surface area contributed by atoms with E-state index >= 15 is 0 Å². The summed E-state index contributed by atoms with van der Waals surface area (Å²) in [7, 11) is -0.505. The van der Waals surface area contributed by atoms with Crippen molar-refractivity contribution in [2.24, 2.45) is 0 Å². The number of likely N-dealkylation sites (N-methyl/N-ethyl adjacent to an activating group) is 1. The number of fused-ring (bicyclic) bond motifs is 2. The van der Waals surface area contributed by atoms with E-state index < -0.39 is 13.6 Å². The van der Waals surface area contributed by atoms with Crippen LogP contribution >= 0.6 is 0 Å². The first kappa shape index (κ1) is 25.9. The summed E-state index contributed by atoms with van der Waals surface area (Å²) in [5, 5.41) is 5.74. The molecule has 1 unspecified atom stereocenters. The molecule has 0 aliphatic carbocycles. The molecule has 4 heterocycles. The van der Waals surface area contributed by atoms with Crippen molar-refractivity contribution in [2.75, 3.05) is 16.8 Å². The summed E-state index contributed by atoms with van der Waals surface area (Å²) in [4.78, 5) is 7.90. The molecule has 4 aliphatic rings. The van der Waals surface area contributed by atoms with Crippen molar-refractivity contribution in [3.63, 3.8) is 0 Å². The molecule has 4 aliphatic heterocycles. The first-order valence-corrected chi connectivity index (χ1v) is 18.3. The van der Waals surface area contributed by atoms with E-state index in [0.717, 1.165) is 6.42 Å². The van der Waals surface area contributed by atoms with Crippen LogP contribution in [0.2, 0.25) is 0 Å². The topological polar surface area (TPSA) is 9.72 Å². The highest BCUT2D eigenvalue weighted by atomic mass is 28.3. The lowest BCUT2D eigenvalue weighted by Gasteiger charge is -2.58. The van der Waals surface area contributed by atoms with E-state index in [0.29, 0.717) is 0 Å². The van der Waals surface area contributed by atoms with Crippen LogP contribution in [0, 0.1) is 0 Å². The predicted molar refractivity (Wildman–Crippen MR) is 192 cm³/mol. The zero-order chi connectivity index (χ0) is 30.5. The lowest BCUT2D eigenvalue weighted by atomic mass is 9.75. The number of nitrogens with zero attached hydrogens (tertiary/aromatic N) is 3. The second-order valence-corrected chi connectivity index (χ2v) is 16.7. The maximum Gasteiger partial charge on any atom is 0.184 e. The van der Waals surface area contributed by atoms with Crippen LogP contribution in [0.4, 0.5) is 17.1 Å². The molecule has 0 spiro atoms. The molecule has 1 atom stereocenters. The molecule has 3 nitrogen and oxygen atoms in total. The van der Waals surface area contributed by atoms with E-state index in [-0.39, 0.29) is 6.17 Å². The standard InChI is InChI=1S/C42H33N3Si/c1-43-29-38-42(31-16-6-2-7-17-31,32-18-8-3-9-19-32)45-35-24-14-15-25-36(35)46(33-20-10-4-11-21-33,34-22-12-5-13-23-34)37-27-26-30-28-39(43)44(38)40(30)41(37)45/h2-27,29,39H,28H2,1H3. The molecule has 0 fully saturated rings. The molecule has 46 heavy (non-hydrogen) atoms. The molecule has 0 saturated carbocycles. The summed E-state index contributed by atoms with van der Waals surface area (Å²) in [6.45, 7) is 0. The van der Waals surface area contributed by atoms with E-state index in [1.807, 2.05) is 0 Å². The van der Waals surface area contributed by atoms with Gasteiger partial charge in [0, 0.05) is 25.4 Å². The monoisotopic (exact) mass is 607 g/mol. The van der Waals surface area contributed by atoms with Gasteiger partial charge in [0.25, 0.3) is 0 Å². The van der Waals surface area contributed by atoms with Gasteiger partial charge < -0.3 is 14.7 Å². The second kappa shape index (κ2) is 9.35. The first-order valence-electron chi connectivity index (χ1n) is 16.3. The fourth-order valence-corrected chi connectivity index (χ4v) is 14.3. The fourth-order valence-electron chi connectivity index (χ4n) is 9.20. The Labute approximate surface area is 271 Å². The number of rotatable bonds is 4. The number of anilines is 3. The summed E-state index contributed by atoms with van der Waals surface area (Å²) in [5.41, 5.74) is 8.79. The molecule has 4 heteroatoms. The summed E-state index contributed by atoms with van der Waals surface area (Å²) in [6, 6.07) is 59.5. The van der Waals surface area contributed by atoms with Crippen LogP contribution in [0.3, 0.4) is 0 Å².